The molecule has 1 saturated heterocycles. The van der Waals surface area contributed by atoms with E-state index >= 15 is 0 Å². The molecule has 1 amide bonds. The molecule has 0 aliphatic carbocycles. The number of carbonyl (C=O) groups excluding carboxylic acids is 1. The number of aromatic nitrogens is 2. The Balaban J connectivity index is 1.77. The van der Waals surface area contributed by atoms with Crippen LogP contribution < -0.4 is 4.90 Å². The van der Waals surface area contributed by atoms with E-state index in [4.69, 9.17) is 10.3 Å². The topological polar surface area (TPSA) is 96.1 Å². The standard InChI is InChI=1S/C14H20N6O2/c1-19-13-9-11(8-10-3-6-22-7-4-10)17-20(13)5-2-12(14(19)21)16-18-15/h9-10,12H,2-8H2,1H3. The molecule has 2 aliphatic rings. The van der Waals surface area contributed by atoms with Crippen molar-refractivity contribution in [3.05, 3.63) is 22.2 Å². The van der Waals surface area contributed by atoms with Crippen LogP contribution in [0.3, 0.4) is 0 Å². The number of hydrogen-bond acceptors (Lipinski definition) is 4. The normalized spacial score (nSPS) is 22.9. The molecular formula is C14H20N6O2. The zero-order valence-corrected chi connectivity index (χ0v) is 12.7. The number of azide groups is 1. The van der Waals surface area contributed by atoms with Gasteiger partial charge < -0.3 is 4.74 Å². The van der Waals surface area contributed by atoms with Gasteiger partial charge in [0.15, 0.2) is 0 Å². The van der Waals surface area contributed by atoms with Crippen LogP contribution in [0.4, 0.5) is 5.82 Å². The van der Waals surface area contributed by atoms with Gasteiger partial charge in [-0.25, -0.2) is 4.68 Å². The highest BCUT2D eigenvalue weighted by molar-refractivity contribution is 5.96. The van der Waals surface area contributed by atoms with Gasteiger partial charge in [0.2, 0.25) is 5.91 Å². The lowest BCUT2D eigenvalue weighted by Crippen LogP contribution is -2.34. The molecule has 1 aromatic rings. The van der Waals surface area contributed by atoms with E-state index in [9.17, 15) is 4.79 Å². The summed E-state index contributed by atoms with van der Waals surface area (Å²) < 4.78 is 7.23. The lowest BCUT2D eigenvalue weighted by atomic mass is 9.95. The molecule has 3 rings (SSSR count). The van der Waals surface area contributed by atoms with E-state index in [1.54, 1.807) is 11.9 Å². The maximum atomic E-state index is 12.3. The molecular weight excluding hydrogens is 284 g/mol. The summed E-state index contributed by atoms with van der Waals surface area (Å²) in [5.74, 6) is 1.21. The first-order chi connectivity index (χ1) is 10.7. The van der Waals surface area contributed by atoms with Crippen LogP contribution in [0.5, 0.6) is 0 Å². The molecule has 0 N–H and O–H groups in total. The predicted molar refractivity (Wildman–Crippen MR) is 80.4 cm³/mol. The maximum absolute atomic E-state index is 12.3. The van der Waals surface area contributed by atoms with Crippen molar-refractivity contribution in [2.45, 2.75) is 38.3 Å². The Morgan fingerprint density at radius 2 is 2.23 bits per heavy atom. The smallest absolute Gasteiger partial charge is 0.236 e. The maximum Gasteiger partial charge on any atom is 0.236 e. The Hall–Kier alpha value is -2.05. The van der Waals surface area contributed by atoms with Gasteiger partial charge in [0.05, 0.1) is 5.69 Å². The molecule has 8 heteroatoms. The van der Waals surface area contributed by atoms with Gasteiger partial charge in [0, 0.05) is 37.8 Å². The number of aryl methyl sites for hydroxylation is 1. The summed E-state index contributed by atoms with van der Waals surface area (Å²) >= 11 is 0. The van der Waals surface area contributed by atoms with Gasteiger partial charge in [-0.05, 0) is 37.1 Å². The summed E-state index contributed by atoms with van der Waals surface area (Å²) in [6, 6.07) is 1.34. The number of hydrogen-bond donors (Lipinski definition) is 0. The summed E-state index contributed by atoms with van der Waals surface area (Å²) in [6.07, 6.45) is 3.54. The minimum atomic E-state index is -0.643. The van der Waals surface area contributed by atoms with Crippen molar-refractivity contribution in [2.24, 2.45) is 11.0 Å². The Bertz CT molecular complexity index is 600. The third kappa shape index (κ3) is 2.93. The molecule has 118 valence electrons. The number of carbonyl (C=O) groups is 1. The summed E-state index contributed by atoms with van der Waals surface area (Å²) in [5, 5.41) is 8.22. The molecule has 0 saturated carbocycles. The SMILES string of the molecule is CN1C(=O)C(N=[N+]=[N-])CCn2nc(CC3CCOCC3)cc21. The molecule has 2 aliphatic heterocycles. The first-order valence-electron chi connectivity index (χ1n) is 7.65. The number of fused-ring (bicyclic) bond motifs is 1. The zero-order chi connectivity index (χ0) is 15.5. The molecule has 1 unspecified atom stereocenters. The fraction of sp³-hybridized carbons (Fsp3) is 0.714. The van der Waals surface area contributed by atoms with E-state index < -0.39 is 6.04 Å². The van der Waals surface area contributed by atoms with Gasteiger partial charge in [-0.1, -0.05) is 5.11 Å². The fourth-order valence-corrected chi connectivity index (χ4v) is 3.11. The van der Waals surface area contributed by atoms with Crippen molar-refractivity contribution in [3.8, 4) is 0 Å². The number of likely N-dealkylation sites (N-methyl/N-ethyl adjacent to an activating group) is 1. The summed E-state index contributed by atoms with van der Waals surface area (Å²) in [4.78, 5) is 16.6. The third-order valence-corrected chi connectivity index (χ3v) is 4.41. The van der Waals surface area contributed by atoms with Crippen LogP contribution >= 0.6 is 0 Å². The summed E-state index contributed by atoms with van der Waals surface area (Å²) in [5.41, 5.74) is 9.58. The second kappa shape index (κ2) is 6.37. The Morgan fingerprint density at radius 3 is 2.95 bits per heavy atom. The van der Waals surface area contributed by atoms with Crippen molar-refractivity contribution in [1.29, 1.82) is 0 Å². The number of anilines is 1. The van der Waals surface area contributed by atoms with Crippen LogP contribution in [0.25, 0.3) is 10.4 Å². The highest BCUT2D eigenvalue weighted by Gasteiger charge is 2.29. The largest absolute Gasteiger partial charge is 0.381 e. The van der Waals surface area contributed by atoms with E-state index in [1.807, 2.05) is 10.7 Å². The van der Waals surface area contributed by atoms with Crippen molar-refractivity contribution in [2.75, 3.05) is 25.2 Å². The number of ether oxygens (including phenoxy) is 1. The zero-order valence-electron chi connectivity index (χ0n) is 12.7. The summed E-state index contributed by atoms with van der Waals surface area (Å²) in [6.45, 7) is 2.23. The van der Waals surface area contributed by atoms with Crippen LogP contribution in [0, 0.1) is 5.92 Å². The molecule has 0 radical (unpaired) electrons. The Morgan fingerprint density at radius 1 is 1.45 bits per heavy atom. The van der Waals surface area contributed by atoms with Gasteiger partial charge in [0.25, 0.3) is 0 Å². The molecule has 1 fully saturated rings. The molecule has 1 aromatic heterocycles. The number of rotatable bonds is 3. The van der Waals surface area contributed by atoms with Crippen molar-refractivity contribution < 1.29 is 9.53 Å². The van der Waals surface area contributed by atoms with E-state index in [0.717, 1.165) is 44.0 Å². The monoisotopic (exact) mass is 304 g/mol. The lowest BCUT2D eigenvalue weighted by Gasteiger charge is -2.20. The van der Waals surface area contributed by atoms with Crippen LogP contribution in [0.15, 0.2) is 11.2 Å². The minimum Gasteiger partial charge on any atom is -0.381 e. The average molecular weight is 304 g/mol. The predicted octanol–water partition coefficient (Wildman–Crippen LogP) is 1.90. The Labute approximate surface area is 128 Å². The molecule has 8 nitrogen and oxygen atoms in total. The highest BCUT2D eigenvalue weighted by Crippen LogP contribution is 2.25. The van der Waals surface area contributed by atoms with E-state index in [1.165, 1.54) is 0 Å². The summed E-state index contributed by atoms with van der Waals surface area (Å²) in [7, 11) is 1.71. The van der Waals surface area contributed by atoms with Crippen molar-refractivity contribution in [1.82, 2.24) is 9.78 Å². The van der Waals surface area contributed by atoms with Gasteiger partial charge in [-0.15, -0.1) is 0 Å². The van der Waals surface area contributed by atoms with Crippen LogP contribution in [-0.4, -0.2) is 42.0 Å². The van der Waals surface area contributed by atoms with Gasteiger partial charge >= 0.3 is 0 Å². The quantitative estimate of drug-likeness (QED) is 0.484. The van der Waals surface area contributed by atoms with Crippen LogP contribution in [0.1, 0.15) is 25.0 Å². The van der Waals surface area contributed by atoms with Crippen molar-refractivity contribution >= 4 is 11.7 Å². The molecule has 22 heavy (non-hydrogen) atoms. The van der Waals surface area contributed by atoms with E-state index in [-0.39, 0.29) is 5.91 Å². The lowest BCUT2D eigenvalue weighted by molar-refractivity contribution is -0.119. The number of amides is 1. The first kappa shape index (κ1) is 14.9. The minimum absolute atomic E-state index is 0.172. The first-order valence-corrected chi connectivity index (χ1v) is 7.65. The number of nitrogens with zero attached hydrogens (tertiary/aromatic N) is 6. The van der Waals surface area contributed by atoms with Gasteiger partial charge in [-0.2, -0.15) is 5.10 Å². The highest BCUT2D eigenvalue weighted by atomic mass is 16.5. The van der Waals surface area contributed by atoms with Crippen LogP contribution in [0.2, 0.25) is 0 Å². The third-order valence-electron chi connectivity index (χ3n) is 4.41. The molecule has 0 bridgehead atoms. The van der Waals surface area contributed by atoms with Gasteiger partial charge in [0.1, 0.15) is 11.9 Å². The second-order valence-electron chi connectivity index (χ2n) is 5.88. The van der Waals surface area contributed by atoms with E-state index in [2.05, 4.69) is 15.1 Å². The molecule has 1 atom stereocenters. The van der Waals surface area contributed by atoms with Crippen LogP contribution in [-0.2, 0) is 22.5 Å². The van der Waals surface area contributed by atoms with E-state index in [0.29, 0.717) is 18.9 Å². The molecule has 3 heterocycles. The fourth-order valence-electron chi connectivity index (χ4n) is 3.11. The second-order valence-corrected chi connectivity index (χ2v) is 5.88. The van der Waals surface area contributed by atoms with Crippen molar-refractivity contribution in [3.63, 3.8) is 0 Å². The molecule has 0 aromatic carbocycles. The average Bonchev–Trinajstić information content (AvgIpc) is 2.89. The molecule has 0 spiro atoms. The Kier molecular flexibility index (Phi) is 4.31. The van der Waals surface area contributed by atoms with Gasteiger partial charge in [-0.3, -0.25) is 9.69 Å².